The van der Waals surface area contributed by atoms with Gasteiger partial charge in [-0.25, -0.2) is 4.98 Å². The van der Waals surface area contributed by atoms with Gasteiger partial charge in [0.15, 0.2) is 10.9 Å². The molecule has 0 atom stereocenters. The molecule has 0 amide bonds. The minimum absolute atomic E-state index is 0.0689. The average Bonchev–Trinajstić information content (AvgIpc) is 3.48. The molecule has 0 unspecified atom stereocenters. The zero-order valence-corrected chi connectivity index (χ0v) is 16.8. The first-order valence-electron chi connectivity index (χ1n) is 9.43. The third-order valence-corrected chi connectivity index (χ3v) is 7.01. The van der Waals surface area contributed by atoms with Gasteiger partial charge in [-0.3, -0.25) is 9.36 Å². The van der Waals surface area contributed by atoms with Crippen molar-refractivity contribution in [2.45, 2.75) is 42.6 Å². The highest BCUT2D eigenvalue weighted by molar-refractivity contribution is 7.98. The van der Waals surface area contributed by atoms with Crippen LogP contribution < -0.4 is 5.56 Å². The van der Waals surface area contributed by atoms with Gasteiger partial charge in [-0.05, 0) is 36.4 Å². The van der Waals surface area contributed by atoms with E-state index in [-0.39, 0.29) is 11.6 Å². The van der Waals surface area contributed by atoms with E-state index in [2.05, 4.69) is 5.16 Å². The second-order valence-corrected chi connectivity index (χ2v) is 8.86. The first-order chi connectivity index (χ1) is 13.8. The molecule has 0 aliphatic heterocycles. The fraction of sp³-hybridized carbons (Fsp3) is 0.286. The van der Waals surface area contributed by atoms with Gasteiger partial charge in [0.05, 0.1) is 21.5 Å². The highest BCUT2D eigenvalue weighted by Crippen LogP contribution is 2.33. The first-order valence-corrected chi connectivity index (χ1v) is 11.3. The monoisotopic (exact) mass is 409 g/mol. The number of hydrogen-bond acceptors (Lipinski definition) is 6. The smallest absolute Gasteiger partial charge is 0.262 e. The lowest BCUT2D eigenvalue weighted by Crippen LogP contribution is -2.26. The molecule has 0 saturated heterocycles. The Morgan fingerprint density at radius 2 is 2.04 bits per heavy atom. The minimum atomic E-state index is 0.0689. The molecule has 5 nitrogen and oxygen atoms in total. The summed E-state index contributed by atoms with van der Waals surface area (Å²) in [6, 6.07) is 13.8. The van der Waals surface area contributed by atoms with Gasteiger partial charge in [-0.2, -0.15) is 0 Å². The summed E-state index contributed by atoms with van der Waals surface area (Å²) < 4.78 is 7.40. The molecule has 0 N–H and O–H groups in total. The average molecular weight is 410 g/mol. The predicted molar refractivity (Wildman–Crippen MR) is 113 cm³/mol. The molecule has 1 aliphatic rings. The van der Waals surface area contributed by atoms with Crippen LogP contribution in [0.15, 0.2) is 62.3 Å². The number of para-hydroxylation sites is 1. The van der Waals surface area contributed by atoms with Gasteiger partial charge in [-0.15, -0.1) is 11.3 Å². The molecule has 0 bridgehead atoms. The first kappa shape index (κ1) is 17.7. The van der Waals surface area contributed by atoms with E-state index in [9.17, 15) is 4.79 Å². The molecule has 4 aromatic rings. The Morgan fingerprint density at radius 1 is 1.18 bits per heavy atom. The second-order valence-electron chi connectivity index (χ2n) is 6.97. The van der Waals surface area contributed by atoms with Crippen LogP contribution in [0, 0.1) is 0 Å². The van der Waals surface area contributed by atoms with Gasteiger partial charge in [0, 0.05) is 17.9 Å². The fourth-order valence-electron chi connectivity index (χ4n) is 3.77. The molecule has 1 aromatic carbocycles. The fourth-order valence-corrected chi connectivity index (χ4v) is 5.39. The van der Waals surface area contributed by atoms with Gasteiger partial charge >= 0.3 is 0 Å². The van der Waals surface area contributed by atoms with E-state index >= 15 is 0 Å². The largest absolute Gasteiger partial charge is 0.355 e. The van der Waals surface area contributed by atoms with Crippen molar-refractivity contribution >= 4 is 34.0 Å². The van der Waals surface area contributed by atoms with E-state index < -0.39 is 0 Å². The van der Waals surface area contributed by atoms with Crippen LogP contribution in [0.4, 0.5) is 0 Å². The number of rotatable bonds is 5. The SMILES string of the molecule is O=c1c2ccccc2nc(SCc2cc(-c3cccs3)on2)n1C1CCCC1. The van der Waals surface area contributed by atoms with Crippen LogP contribution in [-0.2, 0) is 5.75 Å². The van der Waals surface area contributed by atoms with Crippen molar-refractivity contribution in [2.75, 3.05) is 0 Å². The van der Waals surface area contributed by atoms with Gasteiger partial charge in [-0.1, -0.05) is 48.0 Å². The van der Waals surface area contributed by atoms with Crippen LogP contribution in [0.1, 0.15) is 37.4 Å². The number of aromatic nitrogens is 3. The number of fused-ring (bicyclic) bond motifs is 1. The van der Waals surface area contributed by atoms with Gasteiger partial charge in [0.1, 0.15) is 0 Å². The Hall–Kier alpha value is -2.38. The summed E-state index contributed by atoms with van der Waals surface area (Å²) in [5.74, 6) is 1.40. The Balaban J connectivity index is 1.48. The number of nitrogens with zero attached hydrogens (tertiary/aromatic N) is 3. The van der Waals surface area contributed by atoms with Crippen LogP contribution in [0.5, 0.6) is 0 Å². The summed E-state index contributed by atoms with van der Waals surface area (Å²) in [5, 5.41) is 7.68. The number of thiophene rings is 1. The molecule has 1 saturated carbocycles. The number of thioether (sulfide) groups is 1. The lowest BCUT2D eigenvalue weighted by atomic mass is 10.2. The Kier molecular flexibility index (Phi) is 4.78. The van der Waals surface area contributed by atoms with Crippen molar-refractivity contribution in [3.8, 4) is 10.6 Å². The standard InChI is InChI=1S/C21H19N3O2S2/c25-20-16-8-3-4-9-17(16)22-21(24(20)15-6-1-2-7-15)28-13-14-12-18(26-23-14)19-10-5-11-27-19/h3-5,8-12,15H,1-2,6-7,13H2. The van der Waals surface area contributed by atoms with E-state index in [1.165, 1.54) is 12.8 Å². The summed E-state index contributed by atoms with van der Waals surface area (Å²) in [4.78, 5) is 19.1. The van der Waals surface area contributed by atoms with E-state index in [0.717, 1.165) is 39.8 Å². The summed E-state index contributed by atoms with van der Waals surface area (Å²) in [7, 11) is 0. The number of benzene rings is 1. The normalized spacial score (nSPS) is 14.9. The number of hydrogen-bond donors (Lipinski definition) is 0. The molecule has 3 aromatic heterocycles. The highest BCUT2D eigenvalue weighted by Gasteiger charge is 2.23. The van der Waals surface area contributed by atoms with Crippen LogP contribution in [0.3, 0.4) is 0 Å². The third-order valence-electron chi connectivity index (χ3n) is 5.14. The van der Waals surface area contributed by atoms with Crippen molar-refractivity contribution in [1.29, 1.82) is 0 Å². The quantitative estimate of drug-likeness (QED) is 0.321. The second kappa shape index (κ2) is 7.56. The van der Waals surface area contributed by atoms with Crippen LogP contribution in [-0.4, -0.2) is 14.7 Å². The highest BCUT2D eigenvalue weighted by atomic mass is 32.2. The molecule has 28 heavy (non-hydrogen) atoms. The van der Waals surface area contributed by atoms with E-state index in [1.54, 1.807) is 23.1 Å². The van der Waals surface area contributed by atoms with E-state index in [1.807, 2.05) is 52.4 Å². The van der Waals surface area contributed by atoms with Crippen LogP contribution in [0.2, 0.25) is 0 Å². The zero-order chi connectivity index (χ0) is 18.9. The van der Waals surface area contributed by atoms with Crippen LogP contribution >= 0.6 is 23.1 Å². The summed E-state index contributed by atoms with van der Waals surface area (Å²) >= 11 is 3.19. The van der Waals surface area contributed by atoms with Crippen molar-refractivity contribution in [2.24, 2.45) is 0 Å². The van der Waals surface area contributed by atoms with Gasteiger partial charge in [0.2, 0.25) is 0 Å². The van der Waals surface area contributed by atoms with Crippen molar-refractivity contribution < 1.29 is 4.52 Å². The topological polar surface area (TPSA) is 60.9 Å². The molecular weight excluding hydrogens is 390 g/mol. The minimum Gasteiger partial charge on any atom is -0.355 e. The third kappa shape index (κ3) is 3.29. The Morgan fingerprint density at radius 3 is 2.86 bits per heavy atom. The maximum absolute atomic E-state index is 13.2. The molecule has 142 valence electrons. The van der Waals surface area contributed by atoms with Crippen molar-refractivity contribution in [1.82, 2.24) is 14.7 Å². The molecule has 1 fully saturated rings. The van der Waals surface area contributed by atoms with Gasteiger partial charge < -0.3 is 4.52 Å². The maximum Gasteiger partial charge on any atom is 0.262 e. The Bertz CT molecular complexity index is 1160. The van der Waals surface area contributed by atoms with Gasteiger partial charge in [0.25, 0.3) is 5.56 Å². The molecule has 0 spiro atoms. The zero-order valence-electron chi connectivity index (χ0n) is 15.2. The summed E-state index contributed by atoms with van der Waals surface area (Å²) in [6.45, 7) is 0. The van der Waals surface area contributed by atoms with E-state index in [0.29, 0.717) is 11.1 Å². The maximum atomic E-state index is 13.2. The molecular formula is C21H19N3O2S2. The molecule has 1 aliphatic carbocycles. The molecule has 5 rings (SSSR count). The molecule has 0 radical (unpaired) electrons. The lowest BCUT2D eigenvalue weighted by Gasteiger charge is -2.18. The van der Waals surface area contributed by atoms with Crippen molar-refractivity contribution in [3.63, 3.8) is 0 Å². The Labute approximate surface area is 170 Å². The van der Waals surface area contributed by atoms with Crippen molar-refractivity contribution in [3.05, 3.63) is 63.9 Å². The van der Waals surface area contributed by atoms with E-state index in [4.69, 9.17) is 9.51 Å². The predicted octanol–water partition coefficient (Wildman–Crippen LogP) is 5.52. The van der Waals surface area contributed by atoms with Crippen LogP contribution in [0.25, 0.3) is 21.5 Å². The molecule has 3 heterocycles. The summed E-state index contributed by atoms with van der Waals surface area (Å²) in [6.07, 6.45) is 4.42. The lowest BCUT2D eigenvalue weighted by molar-refractivity contribution is 0.427. The molecule has 7 heteroatoms. The summed E-state index contributed by atoms with van der Waals surface area (Å²) in [5.41, 5.74) is 1.68.